The average Bonchev–Trinajstić information content (AvgIpc) is 3.08. The fraction of sp³-hybridized carbons (Fsp3) is 0.105. The Morgan fingerprint density at radius 3 is 2.56 bits per heavy atom. The number of carboxylic acid groups (broad SMARTS) is 1. The molecule has 0 aliphatic heterocycles. The maximum atomic E-state index is 13.5. The van der Waals surface area contributed by atoms with Gasteiger partial charge in [-0.3, -0.25) is 0 Å². The van der Waals surface area contributed by atoms with Gasteiger partial charge in [0.05, 0.1) is 14.2 Å². The largest absolute Gasteiger partial charge is 0.496 e. The van der Waals surface area contributed by atoms with E-state index >= 15 is 0 Å². The first-order valence-electron chi connectivity index (χ1n) is 7.47. The summed E-state index contributed by atoms with van der Waals surface area (Å²) < 4.78 is 24.2. The third-order valence-electron chi connectivity index (χ3n) is 3.90. The van der Waals surface area contributed by atoms with Crippen LogP contribution in [0.25, 0.3) is 28.1 Å². The Balaban J connectivity index is 2.16. The molecule has 2 aromatic carbocycles. The van der Waals surface area contributed by atoms with Gasteiger partial charge in [0.1, 0.15) is 11.5 Å². The van der Waals surface area contributed by atoms with Crippen LogP contribution in [0.2, 0.25) is 0 Å². The Bertz CT molecular complexity index is 975. The van der Waals surface area contributed by atoms with Gasteiger partial charge in [-0.25, -0.2) is 4.79 Å². The number of methoxy groups -OCH3 is 2. The second-order valence-corrected chi connectivity index (χ2v) is 5.37. The van der Waals surface area contributed by atoms with E-state index in [1.54, 1.807) is 12.1 Å². The molecule has 2 N–H and O–H groups in total. The molecule has 0 aliphatic carbocycles. The molecule has 0 radical (unpaired) electrons. The van der Waals surface area contributed by atoms with E-state index in [-0.39, 0.29) is 5.56 Å². The third kappa shape index (κ3) is 3.19. The molecule has 0 fully saturated rings. The zero-order chi connectivity index (χ0) is 18.0. The maximum Gasteiger partial charge on any atom is 0.364 e. The lowest BCUT2D eigenvalue weighted by Crippen LogP contribution is -1.97. The average molecular weight is 341 g/mol. The second kappa shape index (κ2) is 6.68. The predicted octanol–water partition coefficient (Wildman–Crippen LogP) is 4.25. The van der Waals surface area contributed by atoms with Crippen molar-refractivity contribution < 1.29 is 23.8 Å². The van der Waals surface area contributed by atoms with Crippen LogP contribution in [0.15, 0.2) is 48.4 Å². The number of rotatable bonds is 5. The Morgan fingerprint density at radius 2 is 1.88 bits per heavy atom. The summed E-state index contributed by atoms with van der Waals surface area (Å²) in [4.78, 5) is 13.9. The Labute approximate surface area is 143 Å². The third-order valence-corrected chi connectivity index (χ3v) is 3.90. The number of H-pyrrole nitrogens is 1. The molecule has 0 aliphatic rings. The molecule has 1 heterocycles. The van der Waals surface area contributed by atoms with Gasteiger partial charge in [0.2, 0.25) is 5.83 Å². The van der Waals surface area contributed by atoms with Crippen LogP contribution >= 0.6 is 0 Å². The van der Waals surface area contributed by atoms with Gasteiger partial charge in [0, 0.05) is 22.8 Å². The van der Waals surface area contributed by atoms with Crippen LogP contribution in [-0.4, -0.2) is 30.3 Å². The topological polar surface area (TPSA) is 71.5 Å². The Morgan fingerprint density at radius 1 is 1.12 bits per heavy atom. The van der Waals surface area contributed by atoms with Gasteiger partial charge >= 0.3 is 5.97 Å². The van der Waals surface area contributed by atoms with Gasteiger partial charge in [0.25, 0.3) is 0 Å². The van der Waals surface area contributed by atoms with Gasteiger partial charge in [-0.15, -0.1) is 0 Å². The lowest BCUT2D eigenvalue weighted by atomic mass is 10.00. The highest BCUT2D eigenvalue weighted by Crippen LogP contribution is 2.38. The van der Waals surface area contributed by atoms with Crippen molar-refractivity contribution >= 4 is 22.9 Å². The quantitative estimate of drug-likeness (QED) is 0.681. The molecule has 25 heavy (non-hydrogen) atoms. The fourth-order valence-electron chi connectivity index (χ4n) is 2.68. The van der Waals surface area contributed by atoms with Gasteiger partial charge in [-0.1, -0.05) is 6.07 Å². The van der Waals surface area contributed by atoms with Gasteiger partial charge in [-0.2, -0.15) is 4.39 Å². The summed E-state index contributed by atoms with van der Waals surface area (Å²) >= 11 is 0. The smallest absolute Gasteiger partial charge is 0.364 e. The minimum absolute atomic E-state index is 0.283. The summed E-state index contributed by atoms with van der Waals surface area (Å²) in [5.41, 5.74) is 2.95. The molecular formula is C19H16FNO4. The van der Waals surface area contributed by atoms with E-state index in [0.717, 1.165) is 28.1 Å². The second-order valence-electron chi connectivity index (χ2n) is 5.37. The van der Waals surface area contributed by atoms with E-state index in [2.05, 4.69) is 4.98 Å². The van der Waals surface area contributed by atoms with Crippen molar-refractivity contribution in [2.75, 3.05) is 14.2 Å². The molecule has 6 heteroatoms. The van der Waals surface area contributed by atoms with Gasteiger partial charge in [0.15, 0.2) is 0 Å². The number of hydrogen-bond acceptors (Lipinski definition) is 3. The Kier molecular flexibility index (Phi) is 4.43. The highest BCUT2D eigenvalue weighted by atomic mass is 19.1. The number of aliphatic carboxylic acids is 1. The van der Waals surface area contributed by atoms with Crippen LogP contribution in [0, 0.1) is 0 Å². The van der Waals surface area contributed by atoms with Crippen molar-refractivity contribution in [1.82, 2.24) is 4.98 Å². The number of carboxylic acids is 1. The number of carbonyl (C=O) groups is 1. The summed E-state index contributed by atoms with van der Waals surface area (Å²) in [5.74, 6) is -2.08. The number of ether oxygens (including phenoxy) is 2. The molecular weight excluding hydrogens is 325 g/mol. The summed E-state index contributed by atoms with van der Waals surface area (Å²) in [6.45, 7) is 0. The standard InChI is InChI=1S/C19H16FNO4/c1-24-17-10-14(11-3-4-16-12(7-11)5-6-21-16)18(25-2)9-13(17)8-15(20)19(22)23/h3-10,21H,1-2H3,(H,22,23)/b15-8+. The molecule has 0 bridgehead atoms. The van der Waals surface area contributed by atoms with E-state index in [4.69, 9.17) is 14.6 Å². The molecule has 3 rings (SSSR count). The summed E-state index contributed by atoms with van der Waals surface area (Å²) in [6, 6.07) is 11.1. The number of aromatic nitrogens is 1. The van der Waals surface area contributed by atoms with E-state index < -0.39 is 11.8 Å². The van der Waals surface area contributed by atoms with E-state index in [1.807, 2.05) is 30.5 Å². The number of benzene rings is 2. The van der Waals surface area contributed by atoms with Crippen molar-refractivity contribution in [2.24, 2.45) is 0 Å². The van der Waals surface area contributed by atoms with Crippen molar-refractivity contribution in [1.29, 1.82) is 0 Å². The van der Waals surface area contributed by atoms with Crippen LogP contribution in [0.1, 0.15) is 5.56 Å². The van der Waals surface area contributed by atoms with Crippen LogP contribution in [0.4, 0.5) is 4.39 Å². The van der Waals surface area contributed by atoms with Crippen LogP contribution < -0.4 is 9.47 Å². The molecule has 5 nitrogen and oxygen atoms in total. The first-order valence-corrected chi connectivity index (χ1v) is 7.47. The molecule has 0 saturated carbocycles. The molecule has 128 valence electrons. The molecule has 0 saturated heterocycles. The van der Waals surface area contributed by atoms with Crippen molar-refractivity contribution in [3.05, 3.63) is 54.0 Å². The molecule has 0 unspecified atom stereocenters. The van der Waals surface area contributed by atoms with Gasteiger partial charge < -0.3 is 19.6 Å². The molecule has 0 amide bonds. The molecule has 0 atom stereocenters. The minimum Gasteiger partial charge on any atom is -0.496 e. The monoisotopic (exact) mass is 341 g/mol. The predicted molar refractivity (Wildman–Crippen MR) is 93.6 cm³/mol. The number of halogens is 1. The highest BCUT2D eigenvalue weighted by molar-refractivity contribution is 5.91. The number of nitrogens with one attached hydrogen (secondary N) is 1. The summed E-state index contributed by atoms with van der Waals surface area (Å²) in [7, 11) is 2.94. The zero-order valence-electron chi connectivity index (χ0n) is 13.7. The minimum atomic E-state index is -1.64. The number of aromatic amines is 1. The summed E-state index contributed by atoms with van der Waals surface area (Å²) in [5, 5.41) is 9.77. The van der Waals surface area contributed by atoms with Crippen LogP contribution in [0.3, 0.4) is 0 Å². The van der Waals surface area contributed by atoms with Crippen molar-refractivity contribution in [2.45, 2.75) is 0 Å². The lowest BCUT2D eigenvalue weighted by Gasteiger charge is -2.14. The number of hydrogen-bond donors (Lipinski definition) is 2. The molecule has 0 spiro atoms. The van der Waals surface area contributed by atoms with Crippen LogP contribution in [-0.2, 0) is 4.79 Å². The van der Waals surface area contributed by atoms with Crippen molar-refractivity contribution in [3.8, 4) is 22.6 Å². The van der Waals surface area contributed by atoms with Crippen LogP contribution in [0.5, 0.6) is 11.5 Å². The molecule has 3 aromatic rings. The van der Waals surface area contributed by atoms with Crippen molar-refractivity contribution in [3.63, 3.8) is 0 Å². The maximum absolute atomic E-state index is 13.5. The van der Waals surface area contributed by atoms with E-state index in [1.165, 1.54) is 14.2 Å². The SMILES string of the molecule is COc1cc(-c2ccc3[nH]ccc3c2)c(OC)cc1/C=C(/F)C(=O)O. The highest BCUT2D eigenvalue weighted by Gasteiger charge is 2.15. The first-order chi connectivity index (χ1) is 12.0. The normalized spacial score (nSPS) is 11.6. The lowest BCUT2D eigenvalue weighted by molar-refractivity contribution is -0.134. The molecule has 1 aromatic heterocycles. The fourth-order valence-corrected chi connectivity index (χ4v) is 2.68. The zero-order valence-corrected chi connectivity index (χ0v) is 13.7. The summed E-state index contributed by atoms with van der Waals surface area (Å²) in [6.07, 6.45) is 2.76. The first kappa shape index (κ1) is 16.6. The van der Waals surface area contributed by atoms with Gasteiger partial charge in [-0.05, 0) is 47.4 Å². The van der Waals surface area contributed by atoms with E-state index in [9.17, 15) is 9.18 Å². The number of fused-ring (bicyclic) bond motifs is 1. The van der Waals surface area contributed by atoms with E-state index in [0.29, 0.717) is 11.5 Å². The Hall–Kier alpha value is -3.28.